The van der Waals surface area contributed by atoms with Crippen LogP contribution in [0, 0.1) is 19.7 Å². The number of ether oxygens (including phenoxy) is 1. The lowest BCUT2D eigenvalue weighted by atomic mass is 10.1. The number of nitrogens with one attached hydrogen (secondary N) is 1. The average Bonchev–Trinajstić information content (AvgIpc) is 3.03. The Morgan fingerprint density at radius 1 is 1.06 bits per heavy atom. The third kappa shape index (κ3) is 4.44. The van der Waals surface area contributed by atoms with Gasteiger partial charge in [-0.25, -0.2) is 24.1 Å². The van der Waals surface area contributed by atoms with Gasteiger partial charge in [-0.15, -0.1) is 0 Å². The largest absolute Gasteiger partial charge is 0.444 e. The third-order valence-corrected chi connectivity index (χ3v) is 4.77. The van der Waals surface area contributed by atoms with Crippen molar-refractivity contribution in [2.75, 3.05) is 5.32 Å². The summed E-state index contributed by atoms with van der Waals surface area (Å²) in [6, 6.07) is 12.3. The van der Waals surface area contributed by atoms with Crippen molar-refractivity contribution in [3.8, 4) is 16.9 Å². The Bertz CT molecular complexity index is 1320. The fourth-order valence-electron chi connectivity index (χ4n) is 3.33. The molecule has 0 unspecified atom stereocenters. The molecule has 0 spiro atoms. The van der Waals surface area contributed by atoms with Gasteiger partial charge in [-0.3, -0.25) is 9.88 Å². The van der Waals surface area contributed by atoms with Crippen LogP contribution in [-0.4, -0.2) is 31.2 Å². The normalized spacial score (nSPS) is 11.6. The van der Waals surface area contributed by atoms with E-state index in [2.05, 4.69) is 15.3 Å². The molecule has 0 aliphatic carbocycles. The quantitative estimate of drug-likeness (QED) is 0.456. The molecular weight excluding hydrogens is 409 g/mol. The lowest BCUT2D eigenvalue weighted by Crippen LogP contribution is -2.27. The van der Waals surface area contributed by atoms with Gasteiger partial charge in [-0.05, 0) is 76.6 Å². The van der Waals surface area contributed by atoms with Crippen molar-refractivity contribution in [3.05, 3.63) is 65.9 Å². The summed E-state index contributed by atoms with van der Waals surface area (Å²) >= 11 is 0. The Labute approximate surface area is 185 Å². The van der Waals surface area contributed by atoms with Gasteiger partial charge in [0.25, 0.3) is 0 Å². The van der Waals surface area contributed by atoms with Crippen LogP contribution in [0.15, 0.2) is 48.7 Å². The number of fused-ring (bicyclic) bond motifs is 1. The van der Waals surface area contributed by atoms with E-state index in [0.29, 0.717) is 39.8 Å². The van der Waals surface area contributed by atoms with E-state index in [9.17, 15) is 9.18 Å². The van der Waals surface area contributed by atoms with Gasteiger partial charge in [-0.2, -0.15) is 0 Å². The van der Waals surface area contributed by atoms with E-state index >= 15 is 0 Å². The van der Waals surface area contributed by atoms with Crippen LogP contribution in [0.4, 0.5) is 15.0 Å². The van der Waals surface area contributed by atoms with Crippen LogP contribution in [0.3, 0.4) is 0 Å². The summed E-state index contributed by atoms with van der Waals surface area (Å²) in [4.78, 5) is 25.6. The van der Waals surface area contributed by atoms with Gasteiger partial charge in [-0.1, -0.05) is 6.07 Å². The molecule has 0 fully saturated rings. The number of aromatic nitrogens is 4. The number of imidazole rings is 1. The zero-order valence-corrected chi connectivity index (χ0v) is 18.6. The first-order valence-corrected chi connectivity index (χ1v) is 10.2. The highest BCUT2D eigenvalue weighted by molar-refractivity contribution is 5.85. The number of hydrogen-bond acceptors (Lipinski definition) is 5. The second-order valence-corrected chi connectivity index (χ2v) is 8.52. The summed E-state index contributed by atoms with van der Waals surface area (Å²) in [7, 11) is 0. The van der Waals surface area contributed by atoms with Crippen LogP contribution in [0.5, 0.6) is 0 Å². The molecule has 1 N–H and O–H groups in total. The fraction of sp³-hybridized carbons (Fsp3) is 0.250. The Morgan fingerprint density at radius 3 is 2.56 bits per heavy atom. The zero-order valence-electron chi connectivity index (χ0n) is 18.6. The van der Waals surface area contributed by atoms with Crippen molar-refractivity contribution < 1.29 is 13.9 Å². The fourth-order valence-corrected chi connectivity index (χ4v) is 3.33. The van der Waals surface area contributed by atoms with Crippen LogP contribution >= 0.6 is 0 Å². The molecule has 0 saturated carbocycles. The van der Waals surface area contributed by atoms with E-state index < -0.39 is 11.7 Å². The first-order valence-electron chi connectivity index (χ1n) is 10.2. The lowest BCUT2D eigenvalue weighted by molar-refractivity contribution is 0.0635. The van der Waals surface area contributed by atoms with Crippen molar-refractivity contribution in [3.63, 3.8) is 0 Å². The van der Waals surface area contributed by atoms with Gasteiger partial charge < -0.3 is 4.74 Å². The van der Waals surface area contributed by atoms with Crippen molar-refractivity contribution >= 4 is 23.1 Å². The Balaban J connectivity index is 1.72. The summed E-state index contributed by atoms with van der Waals surface area (Å²) in [5, 5.41) is 2.64. The first-order chi connectivity index (χ1) is 15.1. The second-order valence-electron chi connectivity index (χ2n) is 8.52. The Morgan fingerprint density at radius 2 is 1.84 bits per heavy atom. The predicted octanol–water partition coefficient (Wildman–Crippen LogP) is 5.59. The summed E-state index contributed by atoms with van der Waals surface area (Å²) in [6.45, 7) is 8.96. The molecule has 0 aliphatic rings. The Hall–Kier alpha value is -3.81. The first kappa shape index (κ1) is 21.4. The molecule has 0 bridgehead atoms. The molecule has 3 aromatic heterocycles. The van der Waals surface area contributed by atoms with Crippen LogP contribution in [0.25, 0.3) is 28.1 Å². The molecule has 1 aromatic carbocycles. The van der Waals surface area contributed by atoms with Crippen molar-refractivity contribution in [1.29, 1.82) is 0 Å². The molecule has 0 saturated heterocycles. The molecule has 0 radical (unpaired) electrons. The van der Waals surface area contributed by atoms with Gasteiger partial charge in [0.05, 0.1) is 11.4 Å². The summed E-state index contributed by atoms with van der Waals surface area (Å²) < 4.78 is 21.3. The summed E-state index contributed by atoms with van der Waals surface area (Å²) in [6.07, 6.45) is 1.01. The molecule has 4 rings (SSSR count). The van der Waals surface area contributed by atoms with Crippen LogP contribution < -0.4 is 5.32 Å². The number of carbonyl (C=O) groups excluding carboxylic acids is 1. The van der Waals surface area contributed by atoms with Gasteiger partial charge >= 0.3 is 6.09 Å². The number of halogens is 1. The van der Waals surface area contributed by atoms with Crippen molar-refractivity contribution in [2.24, 2.45) is 0 Å². The number of pyridine rings is 2. The highest BCUT2D eigenvalue weighted by atomic mass is 19.1. The number of rotatable bonds is 3. The minimum Gasteiger partial charge on any atom is -0.444 e. The molecule has 7 nitrogen and oxygen atoms in total. The lowest BCUT2D eigenvalue weighted by Gasteiger charge is -2.19. The number of benzene rings is 1. The van der Waals surface area contributed by atoms with Crippen LogP contribution in [0.1, 0.15) is 32.2 Å². The topological polar surface area (TPSA) is 81.9 Å². The third-order valence-electron chi connectivity index (χ3n) is 4.77. The van der Waals surface area contributed by atoms with E-state index in [0.717, 1.165) is 5.56 Å². The van der Waals surface area contributed by atoms with Gasteiger partial charge in [0.1, 0.15) is 28.6 Å². The maximum atomic E-state index is 14.2. The molecule has 0 atom stereocenters. The van der Waals surface area contributed by atoms with Crippen LogP contribution in [-0.2, 0) is 4.74 Å². The smallest absolute Gasteiger partial charge is 0.413 e. The van der Waals surface area contributed by atoms with Crippen molar-refractivity contribution in [2.45, 2.75) is 40.2 Å². The van der Waals surface area contributed by atoms with E-state index in [1.165, 1.54) is 6.07 Å². The average molecular weight is 433 g/mol. The number of hydrogen-bond donors (Lipinski definition) is 1. The second kappa shape index (κ2) is 8.03. The maximum Gasteiger partial charge on any atom is 0.413 e. The zero-order chi connectivity index (χ0) is 23.0. The molecule has 164 valence electrons. The molecule has 4 aromatic rings. The van der Waals surface area contributed by atoms with Gasteiger partial charge in [0.15, 0.2) is 5.65 Å². The molecule has 3 heterocycles. The standard InChI is InChI=1S/C24H24FN5O2/c1-14-6-7-17(13-18(14)25)30-15(2)27-20-9-8-19(28-22(20)30)16-10-11-26-21(12-16)29-23(31)32-24(3,4)5/h6-13H,1-5H3,(H,26,29,31). The van der Waals surface area contributed by atoms with Crippen LogP contribution in [0.2, 0.25) is 0 Å². The van der Waals surface area contributed by atoms with Gasteiger partial charge in [0.2, 0.25) is 0 Å². The van der Waals surface area contributed by atoms with E-state index in [1.807, 2.05) is 29.7 Å². The van der Waals surface area contributed by atoms with E-state index in [-0.39, 0.29) is 5.82 Å². The minimum absolute atomic E-state index is 0.285. The maximum absolute atomic E-state index is 14.2. The number of anilines is 1. The number of carbonyl (C=O) groups is 1. The SMILES string of the molecule is Cc1ccc(-n2c(C)nc3ccc(-c4ccnc(NC(=O)OC(C)(C)C)c4)nc32)cc1F. The monoisotopic (exact) mass is 433 g/mol. The number of nitrogens with zero attached hydrogens (tertiary/aromatic N) is 4. The number of amides is 1. The minimum atomic E-state index is -0.611. The highest BCUT2D eigenvalue weighted by Crippen LogP contribution is 2.26. The molecule has 0 aliphatic heterocycles. The number of aryl methyl sites for hydroxylation is 2. The summed E-state index contributed by atoms with van der Waals surface area (Å²) in [5.74, 6) is 0.769. The Kier molecular flexibility index (Phi) is 5.38. The summed E-state index contributed by atoms with van der Waals surface area (Å²) in [5.41, 5.74) is 3.36. The molecular formula is C24H24FN5O2. The van der Waals surface area contributed by atoms with Crippen molar-refractivity contribution in [1.82, 2.24) is 19.5 Å². The predicted molar refractivity (Wildman–Crippen MR) is 121 cm³/mol. The highest BCUT2D eigenvalue weighted by Gasteiger charge is 2.17. The van der Waals surface area contributed by atoms with Gasteiger partial charge in [0, 0.05) is 11.8 Å². The molecule has 8 heteroatoms. The molecule has 1 amide bonds. The molecule has 32 heavy (non-hydrogen) atoms. The van der Waals surface area contributed by atoms with E-state index in [4.69, 9.17) is 9.72 Å². The van der Waals surface area contributed by atoms with E-state index in [1.54, 1.807) is 52.1 Å².